The third kappa shape index (κ3) is 2.10. The van der Waals surface area contributed by atoms with Crippen LogP contribution in [0.1, 0.15) is 19.3 Å². The Morgan fingerprint density at radius 2 is 2.17 bits per heavy atom. The van der Waals surface area contributed by atoms with Crippen LogP contribution in [0.5, 0.6) is 0 Å². The maximum atomic E-state index is 12.3. The summed E-state index contributed by atoms with van der Waals surface area (Å²) in [5.74, 6) is 0. The first kappa shape index (κ1) is 11.9. The molecule has 3 nitrogen and oxygen atoms in total. The molecule has 1 saturated heterocycles. The van der Waals surface area contributed by atoms with Crippen LogP contribution in [0.2, 0.25) is 0 Å². The summed E-state index contributed by atoms with van der Waals surface area (Å²) >= 11 is 1.60. The number of aromatic nitrogens is 1. The highest BCUT2D eigenvalue weighted by Crippen LogP contribution is 2.20. The van der Waals surface area contributed by atoms with E-state index in [1.54, 1.807) is 11.5 Å². The largest absolute Gasteiger partial charge is 0.302 e. The number of likely N-dealkylation sites (tertiary alicyclic amines) is 1. The highest BCUT2D eigenvalue weighted by molar-refractivity contribution is 7.13. The molecule has 2 aromatic rings. The average molecular weight is 262 g/mol. The van der Waals surface area contributed by atoms with Crippen molar-refractivity contribution in [2.45, 2.75) is 31.8 Å². The van der Waals surface area contributed by atoms with Crippen LogP contribution < -0.4 is 5.56 Å². The first-order valence-corrected chi connectivity index (χ1v) is 7.32. The smallest absolute Gasteiger partial charge is 0.268 e. The van der Waals surface area contributed by atoms with Crippen molar-refractivity contribution in [3.8, 4) is 0 Å². The van der Waals surface area contributed by atoms with Crippen LogP contribution in [0.25, 0.3) is 10.1 Å². The Balaban J connectivity index is 1.90. The average Bonchev–Trinajstić information content (AvgIpc) is 2.70. The Labute approximate surface area is 111 Å². The summed E-state index contributed by atoms with van der Waals surface area (Å²) in [4.78, 5) is 14.7. The zero-order valence-electron chi connectivity index (χ0n) is 10.6. The molecule has 1 aromatic heterocycles. The van der Waals surface area contributed by atoms with E-state index in [-0.39, 0.29) is 5.56 Å². The molecular formula is C14H18N2OS. The van der Waals surface area contributed by atoms with Gasteiger partial charge in [-0.25, -0.2) is 0 Å². The zero-order valence-corrected chi connectivity index (χ0v) is 11.4. The number of hydrogen-bond acceptors (Lipinski definition) is 3. The lowest BCUT2D eigenvalue weighted by molar-refractivity contribution is 0.170. The molecule has 0 bridgehead atoms. The van der Waals surface area contributed by atoms with Crippen LogP contribution in [0.3, 0.4) is 0 Å². The minimum absolute atomic E-state index is 0.176. The molecule has 0 radical (unpaired) electrons. The first-order valence-electron chi connectivity index (χ1n) is 6.55. The highest BCUT2D eigenvalue weighted by Gasteiger charge is 2.20. The Hall–Kier alpha value is -1.13. The second kappa shape index (κ2) is 4.86. The Kier molecular flexibility index (Phi) is 3.22. The van der Waals surface area contributed by atoms with E-state index in [0.29, 0.717) is 6.04 Å². The van der Waals surface area contributed by atoms with Gasteiger partial charge < -0.3 is 4.90 Å². The van der Waals surface area contributed by atoms with Gasteiger partial charge in [0.25, 0.3) is 5.56 Å². The fraction of sp³-hybridized carbons (Fsp3) is 0.500. The van der Waals surface area contributed by atoms with Gasteiger partial charge in [0.15, 0.2) is 0 Å². The van der Waals surface area contributed by atoms with E-state index in [1.165, 1.54) is 19.3 Å². The lowest BCUT2D eigenvalue weighted by Crippen LogP contribution is -2.40. The molecule has 1 aromatic carbocycles. The lowest BCUT2D eigenvalue weighted by atomic mass is 10.0. The Bertz CT molecular complexity index is 601. The molecular weight excluding hydrogens is 244 g/mol. The Morgan fingerprint density at radius 1 is 1.33 bits per heavy atom. The van der Waals surface area contributed by atoms with E-state index in [4.69, 9.17) is 0 Å². The number of likely N-dealkylation sites (N-methyl/N-ethyl adjacent to an activating group) is 1. The van der Waals surface area contributed by atoms with Gasteiger partial charge in [0.1, 0.15) is 0 Å². The molecule has 1 aliphatic heterocycles. The topological polar surface area (TPSA) is 25.2 Å². The monoisotopic (exact) mass is 262 g/mol. The maximum Gasteiger partial charge on any atom is 0.268 e. The van der Waals surface area contributed by atoms with Crippen molar-refractivity contribution in [3.63, 3.8) is 0 Å². The molecule has 3 rings (SSSR count). The van der Waals surface area contributed by atoms with Gasteiger partial charge in [0.2, 0.25) is 0 Å². The van der Waals surface area contributed by atoms with Crippen molar-refractivity contribution in [2.24, 2.45) is 0 Å². The third-order valence-electron chi connectivity index (χ3n) is 3.85. The van der Waals surface area contributed by atoms with E-state index < -0.39 is 0 Å². The van der Waals surface area contributed by atoms with Crippen molar-refractivity contribution in [3.05, 3.63) is 34.6 Å². The quantitative estimate of drug-likeness (QED) is 0.831. The minimum Gasteiger partial charge on any atom is -0.302 e. The molecule has 18 heavy (non-hydrogen) atoms. The highest BCUT2D eigenvalue weighted by atomic mass is 32.1. The van der Waals surface area contributed by atoms with E-state index in [2.05, 4.69) is 11.9 Å². The van der Waals surface area contributed by atoms with Gasteiger partial charge in [0.05, 0.1) is 16.6 Å². The maximum absolute atomic E-state index is 12.3. The predicted molar refractivity (Wildman–Crippen MR) is 76.4 cm³/mol. The molecule has 0 unspecified atom stereocenters. The van der Waals surface area contributed by atoms with E-state index in [0.717, 1.165) is 23.2 Å². The van der Waals surface area contributed by atoms with Gasteiger partial charge in [-0.3, -0.25) is 8.75 Å². The molecule has 0 spiro atoms. The number of rotatable bonds is 2. The SMILES string of the molecule is CN1CCCC[C@H]1Cn1sc2ccccc2c1=O. The summed E-state index contributed by atoms with van der Waals surface area (Å²) in [5.41, 5.74) is 0.176. The second-order valence-electron chi connectivity index (χ2n) is 5.08. The van der Waals surface area contributed by atoms with Gasteiger partial charge in [-0.05, 0) is 38.6 Å². The molecule has 1 atom stereocenters. The zero-order chi connectivity index (χ0) is 12.5. The summed E-state index contributed by atoms with van der Waals surface area (Å²) in [5, 5.41) is 0.862. The molecule has 2 heterocycles. The van der Waals surface area contributed by atoms with Crippen LogP contribution in [0, 0.1) is 0 Å². The van der Waals surface area contributed by atoms with Crippen LogP contribution in [-0.4, -0.2) is 28.5 Å². The number of piperidine rings is 1. The predicted octanol–water partition coefficient (Wildman–Crippen LogP) is 2.55. The fourth-order valence-corrected chi connectivity index (χ4v) is 3.76. The molecule has 0 amide bonds. The van der Waals surface area contributed by atoms with Crippen LogP contribution >= 0.6 is 11.5 Å². The third-order valence-corrected chi connectivity index (χ3v) is 4.94. The summed E-state index contributed by atoms with van der Waals surface area (Å²) in [6.07, 6.45) is 3.78. The van der Waals surface area contributed by atoms with Crippen molar-refractivity contribution in [1.82, 2.24) is 8.86 Å². The fourth-order valence-electron chi connectivity index (χ4n) is 2.70. The molecule has 0 saturated carbocycles. The van der Waals surface area contributed by atoms with Crippen LogP contribution in [0.15, 0.2) is 29.1 Å². The van der Waals surface area contributed by atoms with Gasteiger partial charge in [-0.1, -0.05) is 30.1 Å². The summed E-state index contributed by atoms with van der Waals surface area (Å²) in [6, 6.07) is 8.41. The van der Waals surface area contributed by atoms with Gasteiger partial charge in [0, 0.05) is 6.04 Å². The van der Waals surface area contributed by atoms with E-state index in [9.17, 15) is 4.79 Å². The summed E-state index contributed by atoms with van der Waals surface area (Å²) in [7, 11) is 2.17. The van der Waals surface area contributed by atoms with Crippen LogP contribution in [-0.2, 0) is 6.54 Å². The number of fused-ring (bicyclic) bond motifs is 1. The second-order valence-corrected chi connectivity index (χ2v) is 6.15. The van der Waals surface area contributed by atoms with E-state index in [1.807, 2.05) is 28.2 Å². The van der Waals surface area contributed by atoms with Crippen molar-refractivity contribution in [2.75, 3.05) is 13.6 Å². The molecule has 1 fully saturated rings. The number of hydrogen-bond donors (Lipinski definition) is 0. The molecule has 1 aliphatic rings. The normalized spacial score (nSPS) is 21.5. The van der Waals surface area contributed by atoms with Crippen molar-refractivity contribution in [1.29, 1.82) is 0 Å². The number of nitrogens with zero attached hydrogens (tertiary/aromatic N) is 2. The van der Waals surface area contributed by atoms with Gasteiger partial charge in [-0.2, -0.15) is 0 Å². The van der Waals surface area contributed by atoms with Gasteiger partial charge in [-0.15, -0.1) is 0 Å². The van der Waals surface area contributed by atoms with Gasteiger partial charge >= 0.3 is 0 Å². The number of benzene rings is 1. The lowest BCUT2D eigenvalue weighted by Gasteiger charge is -2.32. The molecule has 0 aliphatic carbocycles. The first-order chi connectivity index (χ1) is 8.75. The Morgan fingerprint density at radius 3 is 2.94 bits per heavy atom. The van der Waals surface area contributed by atoms with Crippen LogP contribution in [0.4, 0.5) is 0 Å². The van der Waals surface area contributed by atoms with Crippen molar-refractivity contribution >= 4 is 21.6 Å². The molecule has 4 heteroatoms. The summed E-state index contributed by atoms with van der Waals surface area (Å²) in [6.45, 7) is 2.00. The van der Waals surface area contributed by atoms with Crippen molar-refractivity contribution < 1.29 is 0 Å². The van der Waals surface area contributed by atoms with E-state index >= 15 is 0 Å². The molecule has 96 valence electrons. The minimum atomic E-state index is 0.176. The standard InChI is InChI=1S/C14H18N2OS/c1-15-9-5-4-6-11(15)10-16-14(17)12-7-2-3-8-13(12)18-16/h2-3,7-8,11H,4-6,9-10H2,1H3/t11-/m0/s1. The molecule has 0 N–H and O–H groups in total. The summed E-state index contributed by atoms with van der Waals surface area (Å²) < 4.78 is 3.03.